The molecule has 0 radical (unpaired) electrons. The molecule has 3 aromatic rings. The summed E-state index contributed by atoms with van der Waals surface area (Å²) in [6.07, 6.45) is -2.64. The fourth-order valence-electron chi connectivity index (χ4n) is 2.42. The number of hydrogen-bond acceptors (Lipinski definition) is 5. The lowest BCUT2D eigenvalue weighted by Crippen LogP contribution is -2.15. The van der Waals surface area contributed by atoms with Gasteiger partial charge < -0.3 is 0 Å². The Morgan fingerprint density at radius 3 is 2.58 bits per heavy atom. The van der Waals surface area contributed by atoms with E-state index in [2.05, 4.69) is 20.6 Å². The second kappa shape index (κ2) is 7.24. The van der Waals surface area contributed by atoms with Gasteiger partial charge in [0.25, 0.3) is 5.91 Å². The van der Waals surface area contributed by atoms with Gasteiger partial charge in [-0.3, -0.25) is 14.8 Å². The van der Waals surface area contributed by atoms with Crippen molar-refractivity contribution in [2.24, 2.45) is 0 Å². The Balaban J connectivity index is 1.78. The van der Waals surface area contributed by atoms with Gasteiger partial charge in [-0.15, -0.1) is 10.2 Å². The predicted molar refractivity (Wildman–Crippen MR) is 90.0 cm³/mol. The van der Waals surface area contributed by atoms with Crippen molar-refractivity contribution < 1.29 is 18.0 Å². The van der Waals surface area contributed by atoms with Crippen LogP contribution >= 0.6 is 11.3 Å². The fraction of sp³-hybridized carbons (Fsp3) is 0.250. The van der Waals surface area contributed by atoms with Gasteiger partial charge in [0.15, 0.2) is 0 Å². The summed E-state index contributed by atoms with van der Waals surface area (Å²) < 4.78 is 39.4. The number of rotatable bonds is 5. The highest BCUT2D eigenvalue weighted by atomic mass is 32.1. The molecule has 0 aliphatic carbocycles. The molecule has 3 rings (SSSR count). The molecule has 6 nitrogen and oxygen atoms in total. The van der Waals surface area contributed by atoms with Gasteiger partial charge in [0.1, 0.15) is 0 Å². The number of aromatic nitrogens is 4. The maximum atomic E-state index is 12.6. The van der Waals surface area contributed by atoms with Crippen molar-refractivity contribution in [2.75, 3.05) is 5.32 Å². The zero-order chi connectivity index (χ0) is 18.7. The van der Waals surface area contributed by atoms with E-state index in [0.717, 1.165) is 5.56 Å². The Bertz CT molecular complexity index is 904. The minimum atomic E-state index is -4.59. The molecule has 0 spiro atoms. The number of benzene rings is 1. The fourth-order valence-corrected chi connectivity index (χ4v) is 3.02. The van der Waals surface area contributed by atoms with E-state index in [9.17, 15) is 18.0 Å². The van der Waals surface area contributed by atoms with Gasteiger partial charge in [-0.05, 0) is 12.0 Å². The number of halogens is 3. The van der Waals surface area contributed by atoms with Crippen LogP contribution in [-0.2, 0) is 19.1 Å². The van der Waals surface area contributed by atoms with Gasteiger partial charge in [-0.2, -0.15) is 18.3 Å². The Kier molecular flexibility index (Phi) is 5.03. The monoisotopic (exact) mass is 381 g/mol. The number of nitrogens with zero attached hydrogens (tertiary/aromatic N) is 4. The van der Waals surface area contributed by atoms with Crippen molar-refractivity contribution in [3.63, 3.8) is 0 Å². The number of anilines is 1. The minimum absolute atomic E-state index is 0.208. The van der Waals surface area contributed by atoms with E-state index in [1.807, 2.05) is 37.3 Å². The summed E-state index contributed by atoms with van der Waals surface area (Å²) in [6.45, 7) is 2.37. The molecular formula is C16H14F3N5OS. The first-order chi connectivity index (χ1) is 12.4. The highest BCUT2D eigenvalue weighted by molar-refractivity contribution is 7.15. The molecule has 0 atom stereocenters. The van der Waals surface area contributed by atoms with E-state index < -0.39 is 17.1 Å². The zero-order valence-electron chi connectivity index (χ0n) is 13.6. The van der Waals surface area contributed by atoms with Crippen LogP contribution < -0.4 is 5.32 Å². The van der Waals surface area contributed by atoms with Crippen molar-refractivity contribution in [1.29, 1.82) is 0 Å². The molecule has 136 valence electrons. The molecule has 0 aliphatic rings. The van der Waals surface area contributed by atoms with Crippen molar-refractivity contribution in [3.8, 4) is 0 Å². The molecule has 0 unspecified atom stereocenters. The van der Waals surface area contributed by atoms with Crippen molar-refractivity contribution >= 4 is 22.4 Å². The maximum Gasteiger partial charge on any atom is 0.445 e. The third-order valence-electron chi connectivity index (χ3n) is 3.59. The first-order valence-corrected chi connectivity index (χ1v) is 8.50. The molecule has 10 heteroatoms. The van der Waals surface area contributed by atoms with Crippen LogP contribution in [0.5, 0.6) is 0 Å². The topological polar surface area (TPSA) is 72.7 Å². The van der Waals surface area contributed by atoms with Gasteiger partial charge in [0.2, 0.25) is 10.1 Å². The summed E-state index contributed by atoms with van der Waals surface area (Å²) in [5, 5.41) is 11.7. The number of nitrogens with one attached hydrogen (secondary N) is 1. The van der Waals surface area contributed by atoms with E-state index in [-0.39, 0.29) is 16.5 Å². The highest BCUT2D eigenvalue weighted by Gasteiger charge is 2.36. The Hall–Kier alpha value is -2.75. The normalized spacial score (nSPS) is 11.5. The summed E-state index contributed by atoms with van der Waals surface area (Å²) in [7, 11) is 0. The molecule has 0 bridgehead atoms. The van der Waals surface area contributed by atoms with Crippen LogP contribution in [-0.4, -0.2) is 25.9 Å². The molecule has 0 fully saturated rings. The van der Waals surface area contributed by atoms with E-state index >= 15 is 0 Å². The number of carbonyl (C=O) groups is 1. The lowest BCUT2D eigenvalue weighted by Gasteiger charge is -2.08. The summed E-state index contributed by atoms with van der Waals surface area (Å²) in [5.41, 5.74) is 2.01. The molecular weight excluding hydrogens is 367 g/mol. The smallest absolute Gasteiger partial charge is 0.296 e. The third-order valence-corrected chi connectivity index (χ3v) is 4.47. The van der Waals surface area contributed by atoms with E-state index in [0.29, 0.717) is 24.2 Å². The first-order valence-electron chi connectivity index (χ1n) is 7.69. The van der Waals surface area contributed by atoms with E-state index in [4.69, 9.17) is 0 Å². The average molecular weight is 381 g/mol. The van der Waals surface area contributed by atoms with Gasteiger partial charge >= 0.3 is 6.18 Å². The van der Waals surface area contributed by atoms with Crippen LogP contribution in [0.4, 0.5) is 18.3 Å². The van der Waals surface area contributed by atoms with Crippen LogP contribution in [0.3, 0.4) is 0 Å². The molecule has 0 saturated heterocycles. The Morgan fingerprint density at radius 1 is 1.23 bits per heavy atom. The second-order valence-electron chi connectivity index (χ2n) is 5.37. The van der Waals surface area contributed by atoms with Gasteiger partial charge in [-0.25, -0.2) is 0 Å². The van der Waals surface area contributed by atoms with Crippen LogP contribution in [0.25, 0.3) is 0 Å². The molecule has 1 aromatic carbocycles. The summed E-state index contributed by atoms with van der Waals surface area (Å²) in [6, 6.07) is 9.61. The van der Waals surface area contributed by atoms with Gasteiger partial charge in [0.05, 0.1) is 24.0 Å². The van der Waals surface area contributed by atoms with Crippen LogP contribution in [0.1, 0.15) is 33.5 Å². The molecule has 0 aliphatic heterocycles. The van der Waals surface area contributed by atoms with Crippen molar-refractivity contribution in [1.82, 2.24) is 20.0 Å². The SMILES string of the molecule is CCc1c(C(=O)Nc2nnc(C(F)(F)F)s2)cnn1Cc1ccccc1. The number of hydrogen-bond donors (Lipinski definition) is 1. The van der Waals surface area contributed by atoms with Gasteiger partial charge in [0, 0.05) is 0 Å². The Labute approximate surface area is 150 Å². The van der Waals surface area contributed by atoms with Crippen LogP contribution in [0.15, 0.2) is 36.5 Å². The van der Waals surface area contributed by atoms with Gasteiger partial charge in [-0.1, -0.05) is 48.6 Å². The first kappa shape index (κ1) is 18.1. The van der Waals surface area contributed by atoms with E-state index in [1.54, 1.807) is 4.68 Å². The molecule has 0 saturated carbocycles. The van der Waals surface area contributed by atoms with Crippen LogP contribution in [0, 0.1) is 0 Å². The zero-order valence-corrected chi connectivity index (χ0v) is 14.4. The summed E-state index contributed by atoms with van der Waals surface area (Å²) >= 11 is 0.279. The maximum absolute atomic E-state index is 12.6. The predicted octanol–water partition coefficient (Wildman–Crippen LogP) is 3.62. The molecule has 1 N–H and O–H groups in total. The van der Waals surface area contributed by atoms with Crippen molar-refractivity contribution in [2.45, 2.75) is 26.1 Å². The number of carbonyl (C=O) groups excluding carboxylic acids is 1. The lowest BCUT2D eigenvalue weighted by molar-refractivity contribution is -0.138. The largest absolute Gasteiger partial charge is 0.445 e. The number of amides is 1. The average Bonchev–Trinajstić information content (AvgIpc) is 3.22. The highest BCUT2D eigenvalue weighted by Crippen LogP contribution is 2.33. The molecule has 1 amide bonds. The van der Waals surface area contributed by atoms with Crippen molar-refractivity contribution in [3.05, 3.63) is 58.4 Å². The standard InChI is InChI=1S/C16H14F3N5OS/c1-2-12-11(8-20-24(12)9-10-6-4-3-5-7-10)13(25)21-15-23-22-14(26-15)16(17,18)19/h3-8H,2,9H2,1H3,(H,21,23,25). The Morgan fingerprint density at radius 2 is 1.96 bits per heavy atom. The summed E-state index contributed by atoms with van der Waals surface area (Å²) in [5.74, 6) is -0.564. The molecule has 2 heterocycles. The molecule has 26 heavy (non-hydrogen) atoms. The lowest BCUT2D eigenvalue weighted by atomic mass is 10.2. The second-order valence-corrected chi connectivity index (χ2v) is 6.34. The minimum Gasteiger partial charge on any atom is -0.296 e. The quantitative estimate of drug-likeness (QED) is 0.733. The third kappa shape index (κ3) is 3.90. The molecule has 2 aromatic heterocycles. The van der Waals surface area contributed by atoms with Crippen LogP contribution in [0.2, 0.25) is 0 Å². The summed E-state index contributed by atoms with van der Waals surface area (Å²) in [4.78, 5) is 12.4. The van der Waals surface area contributed by atoms with E-state index in [1.165, 1.54) is 6.20 Å². The number of alkyl halides is 3.